The first-order valence-electron chi connectivity index (χ1n) is 6.76. The normalized spacial score (nSPS) is 12.3. The summed E-state index contributed by atoms with van der Waals surface area (Å²) < 4.78 is 25.0. The Bertz CT molecular complexity index is 286. The van der Waals surface area contributed by atoms with Crippen LogP contribution in [-0.4, -0.2) is 42.3 Å². The van der Waals surface area contributed by atoms with Gasteiger partial charge in [0, 0.05) is 25.4 Å². The molecule has 0 radical (unpaired) electrons. The topological polar surface area (TPSA) is 49.4 Å². The molecule has 0 aromatic carbocycles. The third-order valence-electron chi connectivity index (χ3n) is 2.72. The van der Waals surface area contributed by atoms with Crippen molar-refractivity contribution in [3.8, 4) is 0 Å². The first-order valence-corrected chi connectivity index (χ1v) is 6.76. The van der Waals surface area contributed by atoms with Gasteiger partial charge in [-0.1, -0.05) is 13.8 Å². The lowest BCUT2D eigenvalue weighted by Gasteiger charge is -2.29. The van der Waals surface area contributed by atoms with E-state index >= 15 is 0 Å². The summed E-state index contributed by atoms with van der Waals surface area (Å²) in [7, 11) is 0. The van der Waals surface area contributed by atoms with Crippen LogP contribution >= 0.6 is 0 Å². The Labute approximate surface area is 113 Å². The predicted octanol–water partition coefficient (Wildman–Crippen LogP) is 2.19. The fourth-order valence-electron chi connectivity index (χ4n) is 1.72. The highest BCUT2D eigenvalue weighted by atomic mass is 19.3. The van der Waals surface area contributed by atoms with Crippen molar-refractivity contribution in [1.82, 2.24) is 10.2 Å². The van der Waals surface area contributed by atoms with Crippen LogP contribution in [0.3, 0.4) is 0 Å². The maximum absolute atomic E-state index is 12.5. The fourth-order valence-corrected chi connectivity index (χ4v) is 1.72. The monoisotopic (exact) mass is 278 g/mol. The molecular weight excluding hydrogens is 254 g/mol. The molecule has 2 amide bonds. The molecule has 4 nitrogen and oxygen atoms in total. The van der Waals surface area contributed by atoms with E-state index < -0.39 is 19.0 Å². The number of halogens is 2. The molecule has 112 valence electrons. The van der Waals surface area contributed by atoms with Crippen molar-refractivity contribution in [2.45, 2.75) is 58.9 Å². The van der Waals surface area contributed by atoms with Gasteiger partial charge in [0.05, 0.1) is 6.54 Å². The Kier molecular flexibility index (Phi) is 9.08. The molecular formula is C13H24F2N2O2. The van der Waals surface area contributed by atoms with Crippen LogP contribution in [0.15, 0.2) is 0 Å². The maximum Gasteiger partial charge on any atom is 0.255 e. The number of carbonyl (C=O) groups excluding carboxylic acids is 2. The molecule has 0 unspecified atom stereocenters. The van der Waals surface area contributed by atoms with Gasteiger partial charge in [-0.05, 0) is 19.8 Å². The van der Waals surface area contributed by atoms with Crippen molar-refractivity contribution in [2.24, 2.45) is 0 Å². The van der Waals surface area contributed by atoms with Crippen LogP contribution in [0.2, 0.25) is 0 Å². The third kappa shape index (κ3) is 7.74. The Morgan fingerprint density at radius 3 is 2.21 bits per heavy atom. The maximum atomic E-state index is 12.5. The molecule has 0 aliphatic rings. The van der Waals surface area contributed by atoms with Gasteiger partial charge in [-0.3, -0.25) is 9.59 Å². The summed E-state index contributed by atoms with van der Waals surface area (Å²) in [6, 6.07) is -0.422. The fraction of sp³-hybridized carbons (Fsp3) is 0.846. The van der Waals surface area contributed by atoms with Gasteiger partial charge in [-0.2, -0.15) is 0 Å². The van der Waals surface area contributed by atoms with Gasteiger partial charge in [0.2, 0.25) is 11.8 Å². The molecule has 0 aliphatic heterocycles. The summed E-state index contributed by atoms with van der Waals surface area (Å²) >= 11 is 0. The van der Waals surface area contributed by atoms with Gasteiger partial charge in [0.1, 0.15) is 0 Å². The lowest BCUT2D eigenvalue weighted by Crippen LogP contribution is -2.47. The summed E-state index contributed by atoms with van der Waals surface area (Å²) in [6.07, 6.45) is -0.553. The van der Waals surface area contributed by atoms with E-state index in [1.807, 2.05) is 13.8 Å². The van der Waals surface area contributed by atoms with E-state index in [2.05, 4.69) is 5.32 Å². The van der Waals surface area contributed by atoms with E-state index in [0.717, 1.165) is 11.3 Å². The van der Waals surface area contributed by atoms with Gasteiger partial charge in [0.15, 0.2) is 0 Å². The van der Waals surface area contributed by atoms with Crippen LogP contribution in [0.4, 0.5) is 8.78 Å². The van der Waals surface area contributed by atoms with Crippen molar-refractivity contribution in [1.29, 1.82) is 0 Å². The molecule has 6 heteroatoms. The molecule has 0 heterocycles. The lowest BCUT2D eigenvalue weighted by molar-refractivity contribution is -0.136. The average Bonchev–Trinajstić information content (AvgIpc) is 2.33. The van der Waals surface area contributed by atoms with Crippen LogP contribution < -0.4 is 5.32 Å². The SMILES string of the molecule is CCCC(=O)NC[C@H](C)N(CC(F)F)C(=O)CCC. The average molecular weight is 278 g/mol. The van der Waals surface area contributed by atoms with Crippen molar-refractivity contribution in [3.05, 3.63) is 0 Å². The molecule has 0 fully saturated rings. The number of nitrogens with zero attached hydrogens (tertiary/aromatic N) is 1. The number of alkyl halides is 2. The Morgan fingerprint density at radius 2 is 1.74 bits per heavy atom. The van der Waals surface area contributed by atoms with Gasteiger partial charge < -0.3 is 10.2 Å². The summed E-state index contributed by atoms with van der Waals surface area (Å²) in [4.78, 5) is 24.2. The molecule has 0 aliphatic carbocycles. The van der Waals surface area contributed by atoms with Gasteiger partial charge >= 0.3 is 0 Å². The zero-order valence-corrected chi connectivity index (χ0v) is 11.9. The lowest BCUT2D eigenvalue weighted by atomic mass is 10.2. The van der Waals surface area contributed by atoms with Crippen LogP contribution in [0.1, 0.15) is 46.5 Å². The first kappa shape index (κ1) is 17.8. The minimum Gasteiger partial charge on any atom is -0.354 e. The Morgan fingerprint density at radius 1 is 1.16 bits per heavy atom. The predicted molar refractivity (Wildman–Crippen MR) is 70.0 cm³/mol. The second-order valence-electron chi connectivity index (χ2n) is 4.59. The van der Waals surface area contributed by atoms with E-state index in [4.69, 9.17) is 0 Å². The Balaban J connectivity index is 4.40. The number of hydrogen-bond donors (Lipinski definition) is 1. The molecule has 0 aromatic rings. The summed E-state index contributed by atoms with van der Waals surface area (Å²) in [6.45, 7) is 5.01. The highest BCUT2D eigenvalue weighted by molar-refractivity contribution is 5.77. The summed E-state index contributed by atoms with van der Waals surface area (Å²) in [5.74, 6) is -0.408. The Hall–Kier alpha value is -1.20. The van der Waals surface area contributed by atoms with E-state index in [-0.39, 0.29) is 24.8 Å². The quantitative estimate of drug-likeness (QED) is 0.703. The first-order chi connectivity index (χ1) is 8.92. The second-order valence-corrected chi connectivity index (χ2v) is 4.59. The van der Waals surface area contributed by atoms with Gasteiger partial charge in [0.25, 0.3) is 6.43 Å². The van der Waals surface area contributed by atoms with Crippen molar-refractivity contribution >= 4 is 11.8 Å². The van der Waals surface area contributed by atoms with Crippen LogP contribution in [-0.2, 0) is 9.59 Å². The number of hydrogen-bond acceptors (Lipinski definition) is 2. The molecule has 0 saturated heterocycles. The molecule has 1 atom stereocenters. The number of amides is 2. The minimum absolute atomic E-state index is 0.116. The summed E-state index contributed by atoms with van der Waals surface area (Å²) in [5.41, 5.74) is 0. The molecule has 0 bridgehead atoms. The summed E-state index contributed by atoms with van der Waals surface area (Å²) in [5, 5.41) is 2.66. The molecule has 19 heavy (non-hydrogen) atoms. The highest BCUT2D eigenvalue weighted by Crippen LogP contribution is 2.07. The number of nitrogens with one attached hydrogen (secondary N) is 1. The van der Waals surface area contributed by atoms with E-state index in [1.165, 1.54) is 0 Å². The second kappa shape index (κ2) is 9.69. The molecule has 0 aromatic heterocycles. The van der Waals surface area contributed by atoms with Gasteiger partial charge in [-0.25, -0.2) is 8.78 Å². The highest BCUT2D eigenvalue weighted by Gasteiger charge is 2.23. The largest absolute Gasteiger partial charge is 0.354 e. The van der Waals surface area contributed by atoms with Crippen LogP contribution in [0, 0.1) is 0 Å². The molecule has 1 N–H and O–H groups in total. The van der Waals surface area contributed by atoms with E-state index in [1.54, 1.807) is 6.92 Å². The smallest absolute Gasteiger partial charge is 0.255 e. The molecule has 0 rings (SSSR count). The standard InChI is InChI=1S/C13H24F2N2O2/c1-4-6-12(18)16-8-10(3)17(9-11(14)15)13(19)7-5-2/h10-11H,4-9H2,1-3H3,(H,16,18)/t10-/m0/s1. The van der Waals surface area contributed by atoms with Crippen LogP contribution in [0.25, 0.3) is 0 Å². The minimum atomic E-state index is -2.56. The number of carbonyl (C=O) groups is 2. The van der Waals surface area contributed by atoms with E-state index in [9.17, 15) is 18.4 Å². The zero-order valence-electron chi connectivity index (χ0n) is 11.9. The van der Waals surface area contributed by atoms with Crippen molar-refractivity contribution < 1.29 is 18.4 Å². The van der Waals surface area contributed by atoms with Crippen molar-refractivity contribution in [3.63, 3.8) is 0 Å². The van der Waals surface area contributed by atoms with E-state index in [0.29, 0.717) is 12.8 Å². The molecule has 0 saturated carbocycles. The zero-order chi connectivity index (χ0) is 14.8. The van der Waals surface area contributed by atoms with Gasteiger partial charge in [-0.15, -0.1) is 0 Å². The third-order valence-corrected chi connectivity index (χ3v) is 2.72. The van der Waals surface area contributed by atoms with Crippen molar-refractivity contribution in [2.75, 3.05) is 13.1 Å². The number of rotatable bonds is 9. The van der Waals surface area contributed by atoms with Crippen LogP contribution in [0.5, 0.6) is 0 Å². The molecule has 0 spiro atoms.